The number of hydrogen-bond donors (Lipinski definition) is 1. The van der Waals surface area contributed by atoms with E-state index in [1.807, 2.05) is 65.0 Å². The first kappa shape index (κ1) is 22.9. The second-order valence-electron chi connectivity index (χ2n) is 7.40. The highest BCUT2D eigenvalue weighted by Crippen LogP contribution is 2.27. The molecule has 5 nitrogen and oxygen atoms in total. The number of amides is 1. The summed E-state index contributed by atoms with van der Waals surface area (Å²) in [7, 11) is -3.66. The quantitative estimate of drug-likeness (QED) is 0.683. The number of para-hydroxylation sites is 1. The van der Waals surface area contributed by atoms with Gasteiger partial charge in [-0.05, 0) is 67.5 Å². The van der Waals surface area contributed by atoms with Crippen molar-refractivity contribution in [1.29, 1.82) is 0 Å². The van der Waals surface area contributed by atoms with Gasteiger partial charge in [0.25, 0.3) is 0 Å². The molecule has 1 amide bonds. The van der Waals surface area contributed by atoms with Crippen molar-refractivity contribution < 1.29 is 13.2 Å². The molecule has 0 heterocycles. The lowest BCUT2D eigenvalue weighted by molar-refractivity contribution is -0.117. The van der Waals surface area contributed by atoms with Crippen LogP contribution in [0.1, 0.15) is 49.4 Å². The highest BCUT2D eigenvalue weighted by Gasteiger charge is 2.32. The van der Waals surface area contributed by atoms with Crippen LogP contribution in [0.15, 0.2) is 36.4 Å². The molecule has 0 saturated carbocycles. The van der Waals surface area contributed by atoms with Crippen LogP contribution in [0, 0.1) is 13.8 Å². The zero-order valence-electron chi connectivity index (χ0n) is 18.2. The molecule has 0 fully saturated rings. The van der Waals surface area contributed by atoms with Gasteiger partial charge in [-0.1, -0.05) is 45.0 Å². The van der Waals surface area contributed by atoms with Gasteiger partial charge in [0.05, 0.1) is 11.9 Å². The third-order valence-corrected chi connectivity index (χ3v) is 6.50. The summed E-state index contributed by atoms with van der Waals surface area (Å²) in [6.07, 6.45) is 3.08. The molecule has 1 atom stereocenters. The molecule has 2 aromatic carbocycles. The van der Waals surface area contributed by atoms with Crippen molar-refractivity contribution in [3.8, 4) is 0 Å². The van der Waals surface area contributed by atoms with Crippen LogP contribution in [0.4, 0.5) is 11.4 Å². The molecule has 1 N–H and O–H groups in total. The average Bonchev–Trinajstić information content (AvgIpc) is 2.67. The van der Waals surface area contributed by atoms with Crippen LogP contribution in [0.5, 0.6) is 0 Å². The monoisotopic (exact) mass is 416 g/mol. The second kappa shape index (κ2) is 9.44. The second-order valence-corrected chi connectivity index (χ2v) is 9.26. The minimum Gasteiger partial charge on any atom is -0.324 e. The van der Waals surface area contributed by atoms with Crippen molar-refractivity contribution in [3.05, 3.63) is 58.7 Å². The lowest BCUT2D eigenvalue weighted by Gasteiger charge is -2.31. The molecule has 0 unspecified atom stereocenters. The van der Waals surface area contributed by atoms with Crippen LogP contribution in [0.2, 0.25) is 0 Å². The van der Waals surface area contributed by atoms with E-state index in [1.165, 1.54) is 4.31 Å². The normalized spacial score (nSPS) is 12.5. The number of nitrogens with zero attached hydrogens (tertiary/aromatic N) is 1. The molecular weight excluding hydrogens is 384 g/mol. The van der Waals surface area contributed by atoms with E-state index in [1.54, 1.807) is 6.07 Å². The van der Waals surface area contributed by atoms with E-state index in [9.17, 15) is 13.2 Å². The SMILES string of the molecule is CCc1cccc(CC)c1NC(=O)[C@H](CC)N(c1ccc(C)c(C)c1)S(C)(=O)=O. The molecule has 158 valence electrons. The predicted molar refractivity (Wildman–Crippen MR) is 121 cm³/mol. The maximum absolute atomic E-state index is 13.3. The Morgan fingerprint density at radius 2 is 1.59 bits per heavy atom. The van der Waals surface area contributed by atoms with Crippen molar-refractivity contribution in [2.45, 2.75) is 59.9 Å². The molecule has 2 rings (SSSR count). The fourth-order valence-electron chi connectivity index (χ4n) is 3.53. The lowest BCUT2D eigenvalue weighted by Crippen LogP contribution is -2.47. The Kier molecular flexibility index (Phi) is 7.47. The van der Waals surface area contributed by atoms with Crippen molar-refractivity contribution >= 4 is 27.3 Å². The van der Waals surface area contributed by atoms with Gasteiger partial charge in [-0.15, -0.1) is 0 Å². The molecular formula is C23H32N2O3S. The van der Waals surface area contributed by atoms with Gasteiger partial charge in [-0.25, -0.2) is 8.42 Å². The first-order chi connectivity index (χ1) is 13.6. The molecule has 0 spiro atoms. The van der Waals surface area contributed by atoms with Crippen LogP contribution in [0.3, 0.4) is 0 Å². The van der Waals surface area contributed by atoms with Crippen molar-refractivity contribution in [2.24, 2.45) is 0 Å². The van der Waals surface area contributed by atoms with Crippen LogP contribution in [-0.2, 0) is 27.7 Å². The first-order valence-electron chi connectivity index (χ1n) is 10.1. The van der Waals surface area contributed by atoms with E-state index in [4.69, 9.17) is 0 Å². The standard InChI is InChI=1S/C23H32N2O3S/c1-7-18-11-10-12-19(8-2)22(18)24-23(26)21(9-3)25(29(6,27)28)20-14-13-16(4)17(5)15-20/h10-15,21H,7-9H2,1-6H3,(H,24,26)/t21-/m0/s1. The summed E-state index contributed by atoms with van der Waals surface area (Å²) in [6, 6.07) is 10.6. The molecule has 0 aromatic heterocycles. The van der Waals surface area contributed by atoms with E-state index in [-0.39, 0.29) is 5.91 Å². The van der Waals surface area contributed by atoms with Crippen LogP contribution < -0.4 is 9.62 Å². The summed E-state index contributed by atoms with van der Waals surface area (Å²) in [4.78, 5) is 13.3. The van der Waals surface area contributed by atoms with E-state index >= 15 is 0 Å². The summed E-state index contributed by atoms with van der Waals surface area (Å²) >= 11 is 0. The Balaban J connectivity index is 2.48. The zero-order chi connectivity index (χ0) is 21.8. The first-order valence-corrected chi connectivity index (χ1v) is 12.0. The summed E-state index contributed by atoms with van der Waals surface area (Å²) in [5.41, 5.74) is 5.46. The maximum atomic E-state index is 13.3. The summed E-state index contributed by atoms with van der Waals surface area (Å²) in [5, 5.41) is 3.04. The highest BCUT2D eigenvalue weighted by molar-refractivity contribution is 7.92. The molecule has 2 aromatic rings. The molecule has 0 aliphatic carbocycles. The summed E-state index contributed by atoms with van der Waals surface area (Å²) in [6.45, 7) is 9.82. The number of carbonyl (C=O) groups is 1. The van der Waals surface area contributed by atoms with Gasteiger partial charge < -0.3 is 5.32 Å². The molecule has 29 heavy (non-hydrogen) atoms. The average molecular weight is 417 g/mol. The zero-order valence-corrected chi connectivity index (χ0v) is 19.1. The lowest BCUT2D eigenvalue weighted by atomic mass is 10.0. The largest absolute Gasteiger partial charge is 0.324 e. The smallest absolute Gasteiger partial charge is 0.248 e. The Labute approximate surface area is 175 Å². The minimum absolute atomic E-state index is 0.313. The number of carbonyl (C=O) groups excluding carboxylic acids is 1. The number of sulfonamides is 1. The van der Waals surface area contributed by atoms with Crippen molar-refractivity contribution in [3.63, 3.8) is 0 Å². The maximum Gasteiger partial charge on any atom is 0.248 e. The number of nitrogens with one attached hydrogen (secondary N) is 1. The van der Waals surface area contributed by atoms with Gasteiger partial charge in [-0.2, -0.15) is 0 Å². The van der Waals surface area contributed by atoms with Gasteiger partial charge in [0.2, 0.25) is 15.9 Å². The summed E-state index contributed by atoms with van der Waals surface area (Å²) in [5.74, 6) is -0.313. The number of benzene rings is 2. The third kappa shape index (κ3) is 5.18. The number of anilines is 2. The Morgan fingerprint density at radius 3 is 2.03 bits per heavy atom. The highest BCUT2D eigenvalue weighted by atomic mass is 32.2. The van der Waals surface area contributed by atoms with E-state index < -0.39 is 16.1 Å². The molecule has 0 aliphatic heterocycles. The van der Waals surface area contributed by atoms with E-state index in [2.05, 4.69) is 5.32 Å². The molecule has 0 aliphatic rings. The van der Waals surface area contributed by atoms with Crippen molar-refractivity contribution in [1.82, 2.24) is 0 Å². The molecule has 0 saturated heterocycles. The number of hydrogen-bond acceptors (Lipinski definition) is 3. The van der Waals surface area contributed by atoms with Crippen molar-refractivity contribution in [2.75, 3.05) is 15.9 Å². The summed E-state index contributed by atoms with van der Waals surface area (Å²) < 4.78 is 26.6. The minimum atomic E-state index is -3.66. The Bertz CT molecular complexity index is 961. The fraction of sp³-hybridized carbons (Fsp3) is 0.435. The Morgan fingerprint density at radius 1 is 1.00 bits per heavy atom. The third-order valence-electron chi connectivity index (χ3n) is 5.32. The van der Waals surface area contributed by atoms with Crippen LogP contribution in [0.25, 0.3) is 0 Å². The number of rotatable bonds is 8. The van der Waals surface area contributed by atoms with Crippen LogP contribution >= 0.6 is 0 Å². The van der Waals surface area contributed by atoms with E-state index in [0.717, 1.165) is 47.0 Å². The van der Waals surface area contributed by atoms with Crippen LogP contribution in [-0.4, -0.2) is 26.6 Å². The topological polar surface area (TPSA) is 66.5 Å². The molecule has 0 radical (unpaired) electrons. The van der Waals surface area contributed by atoms with E-state index in [0.29, 0.717) is 12.1 Å². The van der Waals surface area contributed by atoms with Gasteiger partial charge >= 0.3 is 0 Å². The van der Waals surface area contributed by atoms with Gasteiger partial charge in [-0.3, -0.25) is 9.10 Å². The molecule has 6 heteroatoms. The fourth-order valence-corrected chi connectivity index (χ4v) is 4.74. The molecule has 0 bridgehead atoms. The van der Waals surface area contributed by atoms with Gasteiger partial charge in [0, 0.05) is 5.69 Å². The van der Waals surface area contributed by atoms with Gasteiger partial charge in [0.15, 0.2) is 0 Å². The Hall–Kier alpha value is -2.34. The number of aryl methyl sites for hydroxylation is 4. The predicted octanol–water partition coefficient (Wildman–Crippen LogP) is 4.61. The van der Waals surface area contributed by atoms with Gasteiger partial charge in [0.1, 0.15) is 6.04 Å².